The van der Waals surface area contributed by atoms with E-state index in [1.54, 1.807) is 12.1 Å². The normalized spacial score (nSPS) is 23.9. The van der Waals surface area contributed by atoms with Gasteiger partial charge in [0.15, 0.2) is 0 Å². The van der Waals surface area contributed by atoms with Crippen molar-refractivity contribution in [3.05, 3.63) is 29.6 Å². The Hall–Kier alpha value is -1.13. The molecular formula is C17H28FN3. The summed E-state index contributed by atoms with van der Waals surface area (Å²) < 4.78 is 13.7. The maximum Gasteiger partial charge on any atom is 0.123 e. The fourth-order valence-electron chi connectivity index (χ4n) is 3.39. The molecule has 0 spiro atoms. The predicted molar refractivity (Wildman–Crippen MR) is 87.3 cm³/mol. The highest BCUT2D eigenvalue weighted by Crippen LogP contribution is 2.32. The second-order valence-corrected chi connectivity index (χ2v) is 6.40. The summed E-state index contributed by atoms with van der Waals surface area (Å²) in [5.41, 5.74) is 2.23. The first-order valence-electron chi connectivity index (χ1n) is 7.88. The van der Waals surface area contributed by atoms with E-state index in [9.17, 15) is 4.39 Å². The van der Waals surface area contributed by atoms with Crippen LogP contribution in [0.3, 0.4) is 0 Å². The highest BCUT2D eigenvalue weighted by molar-refractivity contribution is 5.56. The van der Waals surface area contributed by atoms with Gasteiger partial charge in [-0.2, -0.15) is 0 Å². The Morgan fingerprint density at radius 2 is 2.10 bits per heavy atom. The molecule has 1 saturated heterocycles. The lowest BCUT2D eigenvalue weighted by atomic mass is 10.0. The number of benzene rings is 1. The van der Waals surface area contributed by atoms with Crippen molar-refractivity contribution in [3.63, 3.8) is 0 Å². The van der Waals surface area contributed by atoms with Crippen molar-refractivity contribution in [2.75, 3.05) is 38.6 Å². The molecule has 4 heteroatoms. The first kappa shape index (κ1) is 16.2. The summed E-state index contributed by atoms with van der Waals surface area (Å²) >= 11 is 0. The summed E-state index contributed by atoms with van der Waals surface area (Å²) in [6, 6.07) is 5.90. The largest absolute Gasteiger partial charge is 0.369 e. The molecule has 1 aliphatic rings. The Bertz CT molecular complexity index is 475. The third kappa shape index (κ3) is 3.55. The van der Waals surface area contributed by atoms with E-state index in [1.165, 1.54) is 5.69 Å². The molecule has 0 aliphatic carbocycles. The van der Waals surface area contributed by atoms with E-state index in [1.807, 2.05) is 6.07 Å². The average Bonchev–Trinajstić information content (AvgIpc) is 2.81. The standard InChI is InChI=1S/C17H28FN3/c1-6-19-13(3)15-9-14(18)7-8-16(15)21-10-12(2)17(11-21)20(4)5/h7-9,12-13,17,19H,6,10-11H2,1-5H3. The quantitative estimate of drug-likeness (QED) is 0.900. The summed E-state index contributed by atoms with van der Waals surface area (Å²) in [4.78, 5) is 4.69. The van der Waals surface area contributed by atoms with Gasteiger partial charge in [-0.3, -0.25) is 0 Å². The van der Waals surface area contributed by atoms with Gasteiger partial charge in [-0.1, -0.05) is 13.8 Å². The predicted octanol–water partition coefficient (Wildman–Crippen LogP) is 2.88. The van der Waals surface area contributed by atoms with Crippen LogP contribution in [0.4, 0.5) is 10.1 Å². The molecule has 1 aromatic rings. The van der Waals surface area contributed by atoms with Crippen molar-refractivity contribution >= 4 is 5.69 Å². The summed E-state index contributed by atoms with van der Waals surface area (Å²) in [6.07, 6.45) is 0. The number of halogens is 1. The molecule has 1 fully saturated rings. The summed E-state index contributed by atoms with van der Waals surface area (Å²) in [5.74, 6) is 0.460. The number of hydrogen-bond acceptors (Lipinski definition) is 3. The number of hydrogen-bond donors (Lipinski definition) is 1. The molecule has 0 bridgehead atoms. The van der Waals surface area contributed by atoms with Crippen LogP contribution in [0.15, 0.2) is 18.2 Å². The third-order valence-electron chi connectivity index (χ3n) is 4.54. The van der Waals surface area contributed by atoms with Gasteiger partial charge in [0, 0.05) is 30.9 Å². The lowest BCUT2D eigenvalue weighted by Gasteiger charge is -2.26. The minimum absolute atomic E-state index is 0.157. The van der Waals surface area contributed by atoms with Crippen LogP contribution in [-0.4, -0.2) is 44.7 Å². The van der Waals surface area contributed by atoms with E-state index in [2.05, 4.69) is 50.0 Å². The van der Waals surface area contributed by atoms with Crippen LogP contribution in [0.5, 0.6) is 0 Å². The third-order valence-corrected chi connectivity index (χ3v) is 4.54. The molecule has 1 N–H and O–H groups in total. The zero-order chi connectivity index (χ0) is 15.6. The van der Waals surface area contributed by atoms with Gasteiger partial charge in [0.1, 0.15) is 5.82 Å². The van der Waals surface area contributed by atoms with Gasteiger partial charge in [0.05, 0.1) is 0 Å². The molecule has 0 saturated carbocycles. The molecular weight excluding hydrogens is 265 g/mol. The van der Waals surface area contributed by atoms with Crippen LogP contribution in [0.2, 0.25) is 0 Å². The van der Waals surface area contributed by atoms with Gasteiger partial charge >= 0.3 is 0 Å². The van der Waals surface area contributed by atoms with Gasteiger partial charge in [0.25, 0.3) is 0 Å². The van der Waals surface area contributed by atoms with Crippen molar-refractivity contribution in [1.82, 2.24) is 10.2 Å². The van der Waals surface area contributed by atoms with E-state index in [-0.39, 0.29) is 11.9 Å². The first-order valence-corrected chi connectivity index (χ1v) is 7.88. The van der Waals surface area contributed by atoms with Crippen LogP contribution in [0.1, 0.15) is 32.4 Å². The van der Waals surface area contributed by atoms with E-state index in [0.29, 0.717) is 12.0 Å². The molecule has 2 rings (SSSR count). The number of anilines is 1. The number of nitrogens with zero attached hydrogens (tertiary/aromatic N) is 2. The van der Waals surface area contributed by atoms with Crippen LogP contribution in [0.25, 0.3) is 0 Å². The van der Waals surface area contributed by atoms with Crippen LogP contribution in [0, 0.1) is 11.7 Å². The van der Waals surface area contributed by atoms with Crippen LogP contribution >= 0.6 is 0 Å². The van der Waals surface area contributed by atoms with E-state index in [0.717, 1.165) is 25.2 Å². The summed E-state index contributed by atoms with van der Waals surface area (Å²) in [5, 5.41) is 3.39. The number of nitrogens with one attached hydrogen (secondary N) is 1. The molecule has 0 radical (unpaired) electrons. The lowest BCUT2D eigenvalue weighted by Crippen LogP contribution is -2.34. The fraction of sp³-hybridized carbons (Fsp3) is 0.647. The fourth-order valence-corrected chi connectivity index (χ4v) is 3.39. The molecule has 0 amide bonds. The first-order chi connectivity index (χ1) is 9.93. The maximum atomic E-state index is 13.7. The zero-order valence-electron chi connectivity index (χ0n) is 13.9. The van der Waals surface area contributed by atoms with Gasteiger partial charge < -0.3 is 15.1 Å². The molecule has 1 aliphatic heterocycles. The highest BCUT2D eigenvalue weighted by Gasteiger charge is 2.32. The molecule has 0 aromatic heterocycles. The smallest absolute Gasteiger partial charge is 0.123 e. The van der Waals surface area contributed by atoms with Crippen molar-refractivity contribution in [2.45, 2.75) is 32.9 Å². The SMILES string of the molecule is CCNC(C)c1cc(F)ccc1N1CC(C)C(N(C)C)C1. The van der Waals surface area contributed by atoms with Crippen molar-refractivity contribution in [2.24, 2.45) is 5.92 Å². The Labute approximate surface area is 128 Å². The molecule has 1 aromatic carbocycles. The molecule has 3 unspecified atom stereocenters. The van der Waals surface area contributed by atoms with Gasteiger partial charge in [0.2, 0.25) is 0 Å². The van der Waals surface area contributed by atoms with E-state index in [4.69, 9.17) is 0 Å². The van der Waals surface area contributed by atoms with E-state index < -0.39 is 0 Å². The van der Waals surface area contributed by atoms with Crippen LogP contribution in [-0.2, 0) is 0 Å². The minimum Gasteiger partial charge on any atom is -0.369 e. The molecule has 21 heavy (non-hydrogen) atoms. The zero-order valence-corrected chi connectivity index (χ0v) is 13.9. The van der Waals surface area contributed by atoms with Crippen molar-refractivity contribution in [3.8, 4) is 0 Å². The number of rotatable bonds is 5. The summed E-state index contributed by atoms with van der Waals surface area (Å²) in [6.45, 7) is 9.39. The lowest BCUT2D eigenvalue weighted by molar-refractivity contribution is 0.266. The monoisotopic (exact) mass is 293 g/mol. The Morgan fingerprint density at radius 3 is 2.67 bits per heavy atom. The maximum absolute atomic E-state index is 13.7. The second-order valence-electron chi connectivity index (χ2n) is 6.40. The number of likely N-dealkylation sites (N-methyl/N-ethyl adjacent to an activating group) is 1. The Kier molecular flexibility index (Phi) is 5.22. The van der Waals surface area contributed by atoms with Crippen LogP contribution < -0.4 is 10.2 Å². The topological polar surface area (TPSA) is 18.5 Å². The van der Waals surface area contributed by atoms with Gasteiger partial charge in [-0.15, -0.1) is 0 Å². The van der Waals surface area contributed by atoms with Gasteiger partial charge in [-0.25, -0.2) is 4.39 Å². The van der Waals surface area contributed by atoms with Gasteiger partial charge in [-0.05, 0) is 57.2 Å². The summed E-state index contributed by atoms with van der Waals surface area (Å²) in [7, 11) is 4.27. The molecule has 118 valence electrons. The van der Waals surface area contributed by atoms with E-state index >= 15 is 0 Å². The minimum atomic E-state index is -0.157. The van der Waals surface area contributed by atoms with Crippen molar-refractivity contribution in [1.29, 1.82) is 0 Å². The molecule has 1 heterocycles. The second kappa shape index (κ2) is 6.75. The molecule has 3 atom stereocenters. The average molecular weight is 293 g/mol. The Balaban J connectivity index is 2.27. The molecule has 3 nitrogen and oxygen atoms in total. The Morgan fingerprint density at radius 1 is 1.38 bits per heavy atom. The van der Waals surface area contributed by atoms with Crippen molar-refractivity contribution < 1.29 is 4.39 Å². The highest BCUT2D eigenvalue weighted by atomic mass is 19.1.